The van der Waals surface area contributed by atoms with Gasteiger partial charge in [0.25, 0.3) is 0 Å². The molecule has 1 heterocycles. The summed E-state index contributed by atoms with van der Waals surface area (Å²) in [6.45, 7) is 0. The highest BCUT2D eigenvalue weighted by Crippen LogP contribution is 2.27. The molecule has 118 valence electrons. The van der Waals surface area contributed by atoms with E-state index in [-0.39, 0.29) is 12.2 Å². The van der Waals surface area contributed by atoms with Crippen LogP contribution >= 0.6 is 11.6 Å². The Morgan fingerprint density at radius 2 is 1.96 bits per heavy atom. The first-order valence-electron chi connectivity index (χ1n) is 7.13. The van der Waals surface area contributed by atoms with E-state index in [0.717, 1.165) is 22.2 Å². The van der Waals surface area contributed by atoms with Crippen molar-refractivity contribution in [2.45, 2.75) is 6.42 Å². The number of carbonyl (C=O) groups is 1. The summed E-state index contributed by atoms with van der Waals surface area (Å²) < 4.78 is 10.5. The van der Waals surface area contributed by atoms with Gasteiger partial charge in [-0.15, -0.1) is 0 Å². The van der Waals surface area contributed by atoms with Crippen LogP contribution in [0.5, 0.6) is 11.5 Å². The number of halogens is 1. The van der Waals surface area contributed by atoms with Crippen LogP contribution in [0.15, 0.2) is 42.6 Å². The molecule has 3 aromatic rings. The van der Waals surface area contributed by atoms with Crippen molar-refractivity contribution in [3.8, 4) is 11.5 Å². The predicted molar refractivity (Wildman–Crippen MR) is 90.9 cm³/mol. The van der Waals surface area contributed by atoms with Gasteiger partial charge in [0.1, 0.15) is 11.5 Å². The average molecular weight is 330 g/mol. The molecule has 0 atom stereocenters. The summed E-state index contributed by atoms with van der Waals surface area (Å²) in [5.74, 6) is 1.38. The minimum atomic E-state index is 0.0158. The lowest BCUT2D eigenvalue weighted by Gasteiger charge is -2.08. The van der Waals surface area contributed by atoms with Crippen LogP contribution in [0.3, 0.4) is 0 Å². The van der Waals surface area contributed by atoms with Crippen molar-refractivity contribution in [1.29, 1.82) is 0 Å². The summed E-state index contributed by atoms with van der Waals surface area (Å²) in [6, 6.07) is 10.9. The standard InChI is InChI=1S/C18H16ClNO3/c1-22-13-5-6-14-15(10-20-16(14)9-13)17(21)7-11-3-4-12(19)8-18(11)23-2/h3-6,8-10,20H,7H2,1-2H3. The zero-order valence-electron chi connectivity index (χ0n) is 12.9. The molecule has 0 aliphatic heterocycles. The maximum absolute atomic E-state index is 12.7. The molecule has 4 nitrogen and oxygen atoms in total. The minimum absolute atomic E-state index is 0.0158. The van der Waals surface area contributed by atoms with Gasteiger partial charge < -0.3 is 14.5 Å². The van der Waals surface area contributed by atoms with E-state index in [1.807, 2.05) is 24.3 Å². The van der Waals surface area contributed by atoms with E-state index in [1.54, 1.807) is 32.5 Å². The third-order valence-electron chi connectivity index (χ3n) is 3.79. The average Bonchev–Trinajstić information content (AvgIpc) is 2.99. The van der Waals surface area contributed by atoms with Gasteiger partial charge in [-0.05, 0) is 24.3 Å². The first-order chi connectivity index (χ1) is 11.1. The van der Waals surface area contributed by atoms with Crippen molar-refractivity contribution in [2.24, 2.45) is 0 Å². The van der Waals surface area contributed by atoms with Crippen molar-refractivity contribution in [2.75, 3.05) is 14.2 Å². The van der Waals surface area contributed by atoms with E-state index in [2.05, 4.69) is 4.98 Å². The van der Waals surface area contributed by atoms with Gasteiger partial charge in [-0.1, -0.05) is 17.7 Å². The molecular formula is C18H16ClNO3. The molecule has 0 radical (unpaired) electrons. The number of hydrogen-bond acceptors (Lipinski definition) is 3. The monoisotopic (exact) mass is 329 g/mol. The fourth-order valence-corrected chi connectivity index (χ4v) is 2.76. The topological polar surface area (TPSA) is 51.3 Å². The van der Waals surface area contributed by atoms with Gasteiger partial charge in [0.05, 0.1) is 14.2 Å². The van der Waals surface area contributed by atoms with Gasteiger partial charge in [0, 0.05) is 45.7 Å². The molecule has 3 rings (SSSR count). The number of hydrogen-bond donors (Lipinski definition) is 1. The van der Waals surface area contributed by atoms with Gasteiger partial charge in [-0.3, -0.25) is 4.79 Å². The number of aromatic nitrogens is 1. The van der Waals surface area contributed by atoms with Crippen molar-refractivity contribution in [1.82, 2.24) is 4.98 Å². The molecule has 23 heavy (non-hydrogen) atoms. The van der Waals surface area contributed by atoms with Gasteiger partial charge >= 0.3 is 0 Å². The fraction of sp³-hybridized carbons (Fsp3) is 0.167. The molecule has 0 saturated heterocycles. The fourth-order valence-electron chi connectivity index (χ4n) is 2.60. The summed E-state index contributed by atoms with van der Waals surface area (Å²) in [5.41, 5.74) is 2.33. The summed E-state index contributed by atoms with van der Waals surface area (Å²) in [5, 5.41) is 1.46. The maximum atomic E-state index is 12.7. The van der Waals surface area contributed by atoms with Crippen LogP contribution in [0.25, 0.3) is 10.9 Å². The van der Waals surface area contributed by atoms with Crippen LogP contribution in [0.2, 0.25) is 5.02 Å². The summed E-state index contributed by atoms with van der Waals surface area (Å²) >= 11 is 5.96. The third kappa shape index (κ3) is 3.03. The lowest BCUT2D eigenvalue weighted by Crippen LogP contribution is -2.04. The van der Waals surface area contributed by atoms with E-state index in [1.165, 1.54) is 0 Å². The molecule has 0 aliphatic rings. The highest BCUT2D eigenvalue weighted by Gasteiger charge is 2.15. The molecule has 0 bridgehead atoms. The van der Waals surface area contributed by atoms with Crippen molar-refractivity contribution < 1.29 is 14.3 Å². The molecule has 0 spiro atoms. The van der Waals surface area contributed by atoms with E-state index in [9.17, 15) is 4.79 Å². The van der Waals surface area contributed by atoms with Crippen LogP contribution in [0.1, 0.15) is 15.9 Å². The summed E-state index contributed by atoms with van der Waals surface area (Å²) in [7, 11) is 3.18. The number of H-pyrrole nitrogens is 1. The maximum Gasteiger partial charge on any atom is 0.169 e. The highest BCUT2D eigenvalue weighted by atomic mass is 35.5. The van der Waals surface area contributed by atoms with E-state index < -0.39 is 0 Å². The highest BCUT2D eigenvalue weighted by molar-refractivity contribution is 6.30. The molecule has 0 amide bonds. The second kappa shape index (κ2) is 6.34. The Morgan fingerprint density at radius 3 is 2.70 bits per heavy atom. The van der Waals surface area contributed by atoms with Crippen molar-refractivity contribution in [3.63, 3.8) is 0 Å². The van der Waals surface area contributed by atoms with Crippen LogP contribution in [-0.2, 0) is 6.42 Å². The normalized spacial score (nSPS) is 10.7. The number of aromatic amines is 1. The van der Waals surface area contributed by atoms with Gasteiger partial charge in [0.15, 0.2) is 5.78 Å². The molecule has 0 aliphatic carbocycles. The second-order valence-corrected chi connectivity index (χ2v) is 5.61. The Balaban J connectivity index is 1.92. The minimum Gasteiger partial charge on any atom is -0.497 e. The first-order valence-corrected chi connectivity index (χ1v) is 7.51. The zero-order chi connectivity index (χ0) is 16.4. The molecule has 0 fully saturated rings. The number of methoxy groups -OCH3 is 2. The van der Waals surface area contributed by atoms with E-state index in [0.29, 0.717) is 16.3 Å². The molecule has 0 unspecified atom stereocenters. The SMILES string of the molecule is COc1ccc2c(C(=O)Cc3ccc(Cl)cc3OC)c[nH]c2c1. The second-order valence-electron chi connectivity index (χ2n) is 5.17. The number of ether oxygens (including phenoxy) is 2. The Morgan fingerprint density at radius 1 is 1.13 bits per heavy atom. The molecule has 2 aromatic carbocycles. The molecule has 0 saturated carbocycles. The van der Waals surface area contributed by atoms with Crippen LogP contribution in [0, 0.1) is 0 Å². The van der Waals surface area contributed by atoms with Gasteiger partial charge in [-0.2, -0.15) is 0 Å². The van der Waals surface area contributed by atoms with Crippen LogP contribution in [-0.4, -0.2) is 25.0 Å². The number of ketones is 1. The Kier molecular flexibility index (Phi) is 4.26. The lowest BCUT2D eigenvalue weighted by atomic mass is 10.0. The lowest BCUT2D eigenvalue weighted by molar-refractivity contribution is 0.0993. The van der Waals surface area contributed by atoms with Gasteiger partial charge in [-0.25, -0.2) is 0 Å². The summed E-state index contributed by atoms with van der Waals surface area (Å²) in [4.78, 5) is 15.8. The quantitative estimate of drug-likeness (QED) is 0.711. The third-order valence-corrected chi connectivity index (χ3v) is 4.02. The van der Waals surface area contributed by atoms with Crippen LogP contribution in [0.4, 0.5) is 0 Å². The Labute approximate surface area is 139 Å². The van der Waals surface area contributed by atoms with Crippen LogP contribution < -0.4 is 9.47 Å². The Hall–Kier alpha value is -2.46. The largest absolute Gasteiger partial charge is 0.497 e. The molecular weight excluding hydrogens is 314 g/mol. The smallest absolute Gasteiger partial charge is 0.169 e. The molecule has 1 N–H and O–H groups in total. The first kappa shape index (κ1) is 15.4. The van der Waals surface area contributed by atoms with E-state index in [4.69, 9.17) is 21.1 Å². The number of benzene rings is 2. The number of Topliss-reactive ketones (excluding diaryl/α,β-unsaturated/α-hetero) is 1. The van der Waals surface area contributed by atoms with E-state index >= 15 is 0 Å². The summed E-state index contributed by atoms with van der Waals surface area (Å²) in [6.07, 6.45) is 1.98. The number of fused-ring (bicyclic) bond motifs is 1. The van der Waals surface area contributed by atoms with Gasteiger partial charge in [0.2, 0.25) is 0 Å². The van der Waals surface area contributed by atoms with Crippen molar-refractivity contribution >= 4 is 28.3 Å². The number of rotatable bonds is 5. The molecule has 5 heteroatoms. The Bertz CT molecular complexity index is 870. The number of nitrogens with one attached hydrogen (secondary N) is 1. The molecule has 1 aromatic heterocycles. The van der Waals surface area contributed by atoms with Crippen molar-refractivity contribution in [3.05, 3.63) is 58.7 Å². The number of carbonyl (C=O) groups excluding carboxylic acids is 1. The predicted octanol–water partition coefficient (Wildman–Crippen LogP) is 4.26. The zero-order valence-corrected chi connectivity index (χ0v) is 13.6.